The molecule has 19 heavy (non-hydrogen) atoms. The van der Waals surface area contributed by atoms with Crippen LogP contribution in [0.5, 0.6) is 5.88 Å². The summed E-state index contributed by atoms with van der Waals surface area (Å²) in [4.78, 5) is 0. The lowest BCUT2D eigenvalue weighted by Crippen LogP contribution is -2.15. The van der Waals surface area contributed by atoms with Crippen molar-refractivity contribution in [2.75, 3.05) is 5.73 Å². The van der Waals surface area contributed by atoms with Gasteiger partial charge < -0.3 is 10.5 Å². The second-order valence-electron chi connectivity index (χ2n) is 5.31. The molecule has 1 aromatic heterocycles. The van der Waals surface area contributed by atoms with E-state index in [0.29, 0.717) is 5.69 Å². The number of rotatable bonds is 9. The van der Waals surface area contributed by atoms with Gasteiger partial charge in [-0.3, -0.25) is 0 Å². The normalized spacial score (nSPS) is 12.6. The number of hydrogen-bond acceptors (Lipinski definition) is 3. The Morgan fingerprint density at radius 1 is 1.21 bits per heavy atom. The number of nitrogen functional groups attached to an aromatic ring is 1. The van der Waals surface area contributed by atoms with E-state index in [1.165, 1.54) is 25.7 Å². The van der Waals surface area contributed by atoms with Crippen molar-refractivity contribution in [1.82, 2.24) is 9.78 Å². The topological polar surface area (TPSA) is 53.1 Å². The van der Waals surface area contributed by atoms with Crippen LogP contribution < -0.4 is 10.5 Å². The van der Waals surface area contributed by atoms with E-state index in [9.17, 15) is 0 Å². The van der Waals surface area contributed by atoms with Crippen LogP contribution in [0.1, 0.15) is 65.0 Å². The molecule has 1 unspecified atom stereocenters. The van der Waals surface area contributed by atoms with Crippen molar-refractivity contribution >= 4 is 5.69 Å². The van der Waals surface area contributed by atoms with E-state index in [1.54, 1.807) is 0 Å². The van der Waals surface area contributed by atoms with Crippen LogP contribution in [0.4, 0.5) is 5.69 Å². The number of hydrogen-bond donors (Lipinski definition) is 1. The zero-order chi connectivity index (χ0) is 14.3. The quantitative estimate of drug-likeness (QED) is 0.690. The predicted molar refractivity (Wildman–Crippen MR) is 80.5 cm³/mol. The maximum Gasteiger partial charge on any atom is 0.236 e. The summed E-state index contributed by atoms with van der Waals surface area (Å²) in [5.74, 6) is 0.752. The van der Waals surface area contributed by atoms with Gasteiger partial charge in [-0.05, 0) is 33.1 Å². The first-order chi connectivity index (χ1) is 9.10. The van der Waals surface area contributed by atoms with Crippen LogP contribution in [-0.4, -0.2) is 15.9 Å². The first-order valence-corrected chi connectivity index (χ1v) is 7.59. The molecule has 0 bridgehead atoms. The van der Waals surface area contributed by atoms with Crippen molar-refractivity contribution in [2.24, 2.45) is 0 Å². The van der Waals surface area contributed by atoms with Gasteiger partial charge in [0.2, 0.25) is 5.88 Å². The highest BCUT2D eigenvalue weighted by Gasteiger charge is 2.16. The van der Waals surface area contributed by atoms with E-state index in [4.69, 9.17) is 10.5 Å². The first-order valence-electron chi connectivity index (χ1n) is 7.59. The maximum atomic E-state index is 6.05. The highest BCUT2D eigenvalue weighted by atomic mass is 16.5. The number of anilines is 1. The van der Waals surface area contributed by atoms with E-state index in [2.05, 4.69) is 25.9 Å². The molecule has 1 aromatic rings. The van der Waals surface area contributed by atoms with Gasteiger partial charge in [-0.1, -0.05) is 33.1 Å². The lowest BCUT2D eigenvalue weighted by Gasteiger charge is -2.16. The summed E-state index contributed by atoms with van der Waals surface area (Å²) < 4.78 is 7.90. The minimum absolute atomic E-state index is 0.200. The Morgan fingerprint density at radius 2 is 1.95 bits per heavy atom. The Bertz CT molecular complexity index is 374. The molecule has 1 rings (SSSR count). The summed E-state index contributed by atoms with van der Waals surface area (Å²) in [6, 6.07) is 0. The van der Waals surface area contributed by atoms with Crippen LogP contribution in [0.2, 0.25) is 0 Å². The van der Waals surface area contributed by atoms with Gasteiger partial charge in [0.05, 0.1) is 11.8 Å². The average molecular weight is 267 g/mol. The van der Waals surface area contributed by atoms with Crippen molar-refractivity contribution < 1.29 is 4.74 Å². The SMILES string of the molecule is CCCCCCC(C)Oc1c(N)c(C)nn1CCC. The summed E-state index contributed by atoms with van der Waals surface area (Å²) in [6.45, 7) is 9.26. The molecule has 4 heteroatoms. The minimum Gasteiger partial charge on any atom is -0.473 e. The third kappa shape index (κ3) is 4.77. The van der Waals surface area contributed by atoms with Crippen LogP contribution >= 0.6 is 0 Å². The number of unbranched alkanes of at least 4 members (excludes halogenated alkanes) is 3. The minimum atomic E-state index is 0.200. The van der Waals surface area contributed by atoms with E-state index in [-0.39, 0.29) is 6.10 Å². The Hall–Kier alpha value is -1.19. The molecule has 0 fully saturated rings. The Labute approximate surface area is 117 Å². The number of aromatic nitrogens is 2. The Balaban J connectivity index is 2.55. The average Bonchev–Trinajstić information content (AvgIpc) is 2.63. The van der Waals surface area contributed by atoms with E-state index in [1.807, 2.05) is 11.6 Å². The molecule has 0 aliphatic heterocycles. The molecule has 4 nitrogen and oxygen atoms in total. The van der Waals surface area contributed by atoms with Gasteiger partial charge in [0.15, 0.2) is 0 Å². The molecule has 0 aromatic carbocycles. The molecule has 0 radical (unpaired) electrons. The first kappa shape index (κ1) is 15.9. The predicted octanol–water partition coefficient (Wildman–Crippen LogP) is 3.92. The van der Waals surface area contributed by atoms with E-state index < -0.39 is 0 Å². The summed E-state index contributed by atoms with van der Waals surface area (Å²) in [7, 11) is 0. The second-order valence-corrected chi connectivity index (χ2v) is 5.31. The van der Waals surface area contributed by atoms with Gasteiger partial charge in [0.25, 0.3) is 0 Å². The van der Waals surface area contributed by atoms with E-state index in [0.717, 1.165) is 31.0 Å². The van der Waals surface area contributed by atoms with Crippen molar-refractivity contribution in [3.05, 3.63) is 5.69 Å². The zero-order valence-electron chi connectivity index (χ0n) is 12.9. The largest absolute Gasteiger partial charge is 0.473 e. The maximum absolute atomic E-state index is 6.05. The number of nitrogens with zero attached hydrogens (tertiary/aromatic N) is 2. The third-order valence-corrected chi connectivity index (χ3v) is 3.34. The fourth-order valence-electron chi connectivity index (χ4n) is 2.17. The molecule has 0 aliphatic rings. The van der Waals surface area contributed by atoms with Gasteiger partial charge in [-0.15, -0.1) is 0 Å². The number of aryl methyl sites for hydroxylation is 2. The molecular formula is C15H29N3O. The molecule has 1 heterocycles. The van der Waals surface area contributed by atoms with Crippen LogP contribution in [-0.2, 0) is 6.54 Å². The molecule has 0 amide bonds. The summed E-state index contributed by atoms with van der Waals surface area (Å²) >= 11 is 0. The van der Waals surface area contributed by atoms with Crippen LogP contribution in [0.3, 0.4) is 0 Å². The van der Waals surface area contributed by atoms with Crippen molar-refractivity contribution in [3.63, 3.8) is 0 Å². The van der Waals surface area contributed by atoms with Gasteiger partial charge in [0, 0.05) is 6.54 Å². The van der Waals surface area contributed by atoms with Crippen molar-refractivity contribution in [1.29, 1.82) is 0 Å². The molecular weight excluding hydrogens is 238 g/mol. The number of nitrogens with two attached hydrogens (primary N) is 1. The standard InChI is InChI=1S/C15H29N3O/c1-5-7-8-9-10-12(3)19-15-14(16)13(4)17-18(15)11-6-2/h12H,5-11,16H2,1-4H3. The van der Waals surface area contributed by atoms with Crippen LogP contribution in [0, 0.1) is 6.92 Å². The fourth-order valence-corrected chi connectivity index (χ4v) is 2.17. The molecule has 0 saturated carbocycles. The van der Waals surface area contributed by atoms with Crippen LogP contribution in [0.15, 0.2) is 0 Å². The molecule has 0 spiro atoms. The smallest absolute Gasteiger partial charge is 0.236 e. The molecule has 0 aliphatic carbocycles. The zero-order valence-corrected chi connectivity index (χ0v) is 12.9. The Kier molecular flexibility index (Phi) is 6.74. The van der Waals surface area contributed by atoms with Crippen molar-refractivity contribution in [3.8, 4) is 5.88 Å². The third-order valence-electron chi connectivity index (χ3n) is 3.34. The van der Waals surface area contributed by atoms with Gasteiger partial charge in [-0.2, -0.15) is 5.10 Å². The molecule has 110 valence electrons. The fraction of sp³-hybridized carbons (Fsp3) is 0.800. The van der Waals surface area contributed by atoms with Gasteiger partial charge in [-0.25, -0.2) is 4.68 Å². The highest BCUT2D eigenvalue weighted by molar-refractivity contribution is 5.52. The Morgan fingerprint density at radius 3 is 2.58 bits per heavy atom. The lowest BCUT2D eigenvalue weighted by molar-refractivity contribution is 0.187. The van der Waals surface area contributed by atoms with E-state index >= 15 is 0 Å². The van der Waals surface area contributed by atoms with Crippen LogP contribution in [0.25, 0.3) is 0 Å². The summed E-state index contributed by atoms with van der Waals surface area (Å²) in [5, 5.41) is 4.43. The lowest BCUT2D eigenvalue weighted by atomic mass is 10.1. The highest BCUT2D eigenvalue weighted by Crippen LogP contribution is 2.27. The van der Waals surface area contributed by atoms with Crippen molar-refractivity contribution in [2.45, 2.75) is 78.9 Å². The summed E-state index contributed by atoms with van der Waals surface area (Å²) in [6.07, 6.45) is 7.39. The molecule has 0 saturated heterocycles. The molecule has 1 atom stereocenters. The number of ether oxygens (including phenoxy) is 1. The van der Waals surface area contributed by atoms with Gasteiger partial charge in [0.1, 0.15) is 5.69 Å². The molecule has 2 N–H and O–H groups in total. The van der Waals surface area contributed by atoms with Gasteiger partial charge >= 0.3 is 0 Å². The second kappa shape index (κ2) is 8.08. The monoisotopic (exact) mass is 267 g/mol. The summed E-state index contributed by atoms with van der Waals surface area (Å²) in [5.41, 5.74) is 7.60.